The van der Waals surface area contributed by atoms with Crippen LogP contribution in [0.5, 0.6) is 11.5 Å². The van der Waals surface area contributed by atoms with Gasteiger partial charge < -0.3 is 19.1 Å². The number of rotatable bonds is 7. The van der Waals surface area contributed by atoms with Crippen molar-refractivity contribution in [3.63, 3.8) is 0 Å². The minimum absolute atomic E-state index is 0.135. The summed E-state index contributed by atoms with van der Waals surface area (Å²) in [6, 6.07) is 13.4. The second kappa shape index (κ2) is 11.0. The molecule has 1 fully saturated rings. The van der Waals surface area contributed by atoms with Crippen LogP contribution in [-0.2, 0) is 4.74 Å². The first kappa shape index (κ1) is 26.0. The van der Waals surface area contributed by atoms with E-state index < -0.39 is 12.1 Å². The van der Waals surface area contributed by atoms with E-state index in [1.807, 2.05) is 54.0 Å². The highest BCUT2D eigenvalue weighted by atomic mass is 79.9. The number of hydrogen-bond donors (Lipinski definition) is 0. The van der Waals surface area contributed by atoms with Gasteiger partial charge in [-0.15, -0.1) is 11.3 Å². The first-order valence-electron chi connectivity index (χ1n) is 12.0. The van der Waals surface area contributed by atoms with E-state index in [0.29, 0.717) is 21.4 Å². The molecule has 10 heteroatoms. The Labute approximate surface area is 233 Å². The van der Waals surface area contributed by atoms with Crippen LogP contribution in [0.1, 0.15) is 41.1 Å². The molecule has 0 saturated carbocycles. The summed E-state index contributed by atoms with van der Waals surface area (Å²) in [5, 5.41) is 1.31. The van der Waals surface area contributed by atoms with Crippen molar-refractivity contribution in [3.8, 4) is 16.5 Å². The van der Waals surface area contributed by atoms with Gasteiger partial charge in [-0.2, -0.15) is 0 Å². The zero-order valence-electron chi connectivity index (χ0n) is 20.7. The molecule has 1 aliphatic heterocycles. The van der Waals surface area contributed by atoms with Gasteiger partial charge >= 0.3 is 5.97 Å². The zero-order chi connectivity index (χ0) is 26.1. The number of nitrogens with zero attached hydrogens (tertiary/aromatic N) is 3. The standard InChI is InChI=1S/C27H27BrClN3O4S/c1-16(19-5-4-6-22(25(19)29)36-18-9-11-31(2)12-10-18)35-23-14-24(37-26(23)27(33)34-3)32-15-30-20-13-17(28)7-8-21(20)32/h4-8,13-16,18H,9-12H2,1-3H3. The third-order valence-corrected chi connectivity index (χ3v) is 8.49. The van der Waals surface area contributed by atoms with E-state index in [1.54, 1.807) is 6.33 Å². The number of carbonyl (C=O) groups is 1. The molecular formula is C27H27BrClN3O4S. The Balaban J connectivity index is 1.42. The van der Waals surface area contributed by atoms with Gasteiger partial charge in [0.25, 0.3) is 0 Å². The molecule has 0 bridgehead atoms. The molecule has 7 nitrogen and oxygen atoms in total. The van der Waals surface area contributed by atoms with Gasteiger partial charge in [-0.05, 0) is 51.1 Å². The Morgan fingerprint density at radius 2 is 1.97 bits per heavy atom. The van der Waals surface area contributed by atoms with Crippen LogP contribution >= 0.6 is 38.9 Å². The number of methoxy groups -OCH3 is 1. The Hall–Kier alpha value is -2.59. The summed E-state index contributed by atoms with van der Waals surface area (Å²) in [7, 11) is 3.48. The topological polar surface area (TPSA) is 65.8 Å². The van der Waals surface area contributed by atoms with E-state index in [4.69, 9.17) is 25.8 Å². The molecule has 0 aliphatic carbocycles. The molecule has 3 heterocycles. The maximum absolute atomic E-state index is 12.6. The highest BCUT2D eigenvalue weighted by Gasteiger charge is 2.25. The minimum Gasteiger partial charge on any atom is -0.489 e. The van der Waals surface area contributed by atoms with Crippen molar-refractivity contribution >= 4 is 55.9 Å². The molecule has 37 heavy (non-hydrogen) atoms. The fourth-order valence-electron chi connectivity index (χ4n) is 4.43. The molecule has 2 aromatic carbocycles. The van der Waals surface area contributed by atoms with E-state index in [2.05, 4.69) is 32.9 Å². The van der Waals surface area contributed by atoms with Gasteiger partial charge in [0.05, 0.1) is 23.2 Å². The smallest absolute Gasteiger partial charge is 0.351 e. The largest absolute Gasteiger partial charge is 0.489 e. The second-order valence-corrected chi connectivity index (χ2v) is 11.4. The SMILES string of the molecule is COC(=O)c1sc(-n2cnc3cc(Br)ccc32)cc1OC(C)c1cccc(OC2CCN(C)CC2)c1Cl. The van der Waals surface area contributed by atoms with Gasteiger partial charge in [0, 0.05) is 29.2 Å². The fraction of sp³-hybridized carbons (Fsp3) is 0.333. The molecule has 194 valence electrons. The van der Waals surface area contributed by atoms with E-state index >= 15 is 0 Å². The van der Waals surface area contributed by atoms with Gasteiger partial charge in [0.2, 0.25) is 0 Å². The number of benzene rings is 2. The number of hydrogen-bond acceptors (Lipinski definition) is 7. The number of thiophene rings is 1. The normalized spacial score (nSPS) is 15.6. The number of likely N-dealkylation sites (tertiary alicyclic amines) is 1. The lowest BCUT2D eigenvalue weighted by molar-refractivity contribution is 0.0600. The summed E-state index contributed by atoms with van der Waals surface area (Å²) >= 11 is 11.6. The summed E-state index contributed by atoms with van der Waals surface area (Å²) in [4.78, 5) is 19.8. The first-order valence-corrected chi connectivity index (χ1v) is 14.0. The van der Waals surface area contributed by atoms with Crippen LogP contribution in [0.4, 0.5) is 0 Å². The highest BCUT2D eigenvalue weighted by molar-refractivity contribution is 9.10. The number of fused-ring (bicyclic) bond motifs is 1. The Bertz CT molecular complexity index is 1430. The van der Waals surface area contributed by atoms with Crippen molar-refractivity contribution in [2.45, 2.75) is 32.0 Å². The van der Waals surface area contributed by atoms with Gasteiger partial charge in [0.1, 0.15) is 35.0 Å². The van der Waals surface area contributed by atoms with Crippen molar-refractivity contribution < 1.29 is 19.0 Å². The minimum atomic E-state index is -0.462. The molecule has 0 amide bonds. The Morgan fingerprint density at radius 3 is 2.73 bits per heavy atom. The van der Waals surface area contributed by atoms with Crippen molar-refractivity contribution in [1.82, 2.24) is 14.5 Å². The van der Waals surface area contributed by atoms with Crippen molar-refractivity contribution in [2.75, 3.05) is 27.2 Å². The highest BCUT2D eigenvalue weighted by Crippen LogP contribution is 2.39. The number of aromatic nitrogens is 2. The predicted octanol–water partition coefficient (Wildman–Crippen LogP) is 6.90. The zero-order valence-corrected chi connectivity index (χ0v) is 23.9. The molecule has 0 N–H and O–H groups in total. The quantitative estimate of drug-likeness (QED) is 0.214. The van der Waals surface area contributed by atoms with Crippen molar-refractivity contribution in [1.29, 1.82) is 0 Å². The number of halogens is 2. The number of imidazole rings is 1. The van der Waals surface area contributed by atoms with Crippen LogP contribution in [0.2, 0.25) is 5.02 Å². The van der Waals surface area contributed by atoms with E-state index in [9.17, 15) is 4.79 Å². The van der Waals surface area contributed by atoms with Crippen LogP contribution in [0.25, 0.3) is 16.0 Å². The van der Waals surface area contributed by atoms with Crippen LogP contribution < -0.4 is 9.47 Å². The Morgan fingerprint density at radius 1 is 1.19 bits per heavy atom. The van der Waals surface area contributed by atoms with Crippen LogP contribution in [0.3, 0.4) is 0 Å². The van der Waals surface area contributed by atoms with E-state index in [1.165, 1.54) is 18.4 Å². The average Bonchev–Trinajstić information content (AvgIpc) is 3.49. The molecule has 2 aromatic heterocycles. The molecule has 0 spiro atoms. The molecule has 1 aliphatic rings. The second-order valence-electron chi connectivity index (χ2n) is 9.06. The van der Waals surface area contributed by atoms with E-state index in [-0.39, 0.29) is 6.10 Å². The summed E-state index contributed by atoms with van der Waals surface area (Å²) in [6.45, 7) is 3.91. The number of piperidine rings is 1. The lowest BCUT2D eigenvalue weighted by atomic mass is 10.1. The Kier molecular flexibility index (Phi) is 7.76. The van der Waals surface area contributed by atoms with Crippen LogP contribution in [-0.4, -0.2) is 53.8 Å². The summed E-state index contributed by atoms with van der Waals surface area (Å²) in [5.41, 5.74) is 2.54. The first-order chi connectivity index (χ1) is 17.8. The molecule has 0 radical (unpaired) electrons. The van der Waals surface area contributed by atoms with E-state index in [0.717, 1.165) is 52.0 Å². The fourth-order valence-corrected chi connectivity index (χ4v) is 6.10. The maximum Gasteiger partial charge on any atom is 0.351 e. The van der Waals surface area contributed by atoms with Crippen LogP contribution in [0, 0.1) is 0 Å². The van der Waals surface area contributed by atoms with Crippen molar-refractivity contribution in [3.05, 3.63) is 68.7 Å². The summed E-state index contributed by atoms with van der Waals surface area (Å²) < 4.78 is 20.5. The predicted molar refractivity (Wildman–Crippen MR) is 150 cm³/mol. The number of esters is 1. The summed E-state index contributed by atoms with van der Waals surface area (Å²) in [6.07, 6.45) is 3.36. The molecule has 5 rings (SSSR count). The lowest BCUT2D eigenvalue weighted by Gasteiger charge is -2.30. The van der Waals surface area contributed by atoms with Crippen LogP contribution in [0.15, 0.2) is 53.3 Å². The van der Waals surface area contributed by atoms with Gasteiger partial charge in [-0.3, -0.25) is 4.57 Å². The molecule has 1 unspecified atom stereocenters. The third kappa shape index (κ3) is 5.50. The average molecular weight is 605 g/mol. The van der Waals surface area contributed by atoms with Gasteiger partial charge in [-0.1, -0.05) is 39.7 Å². The number of ether oxygens (including phenoxy) is 3. The summed E-state index contributed by atoms with van der Waals surface area (Å²) in [5.74, 6) is 0.617. The maximum atomic E-state index is 12.6. The molecule has 1 saturated heterocycles. The molecule has 1 atom stereocenters. The van der Waals surface area contributed by atoms with Crippen molar-refractivity contribution in [2.24, 2.45) is 0 Å². The lowest BCUT2D eigenvalue weighted by Crippen LogP contribution is -2.35. The van der Waals surface area contributed by atoms with Gasteiger partial charge in [-0.25, -0.2) is 9.78 Å². The molecule has 4 aromatic rings. The third-order valence-electron chi connectivity index (χ3n) is 6.50. The molecular weight excluding hydrogens is 578 g/mol. The number of carbonyl (C=O) groups excluding carboxylic acids is 1. The van der Waals surface area contributed by atoms with Gasteiger partial charge in [0.15, 0.2) is 4.88 Å². The monoisotopic (exact) mass is 603 g/mol.